The van der Waals surface area contributed by atoms with Gasteiger partial charge in [-0.15, -0.1) is 4.40 Å². The van der Waals surface area contributed by atoms with Crippen LogP contribution in [0.25, 0.3) is 0 Å². The molecule has 0 unspecified atom stereocenters. The molecule has 2 aromatic rings. The third-order valence-electron chi connectivity index (χ3n) is 5.47. The minimum Gasteiger partial charge on any atom is -0.378 e. The molecule has 33 heavy (non-hydrogen) atoms. The van der Waals surface area contributed by atoms with E-state index >= 15 is 0 Å². The van der Waals surface area contributed by atoms with Crippen molar-refractivity contribution in [2.45, 2.75) is 20.0 Å². The zero-order valence-corrected chi connectivity index (χ0v) is 19.0. The Morgan fingerprint density at radius 2 is 1.70 bits per heavy atom. The molecule has 8 nitrogen and oxygen atoms in total. The highest BCUT2D eigenvalue weighted by molar-refractivity contribution is 7.88. The van der Waals surface area contributed by atoms with Gasteiger partial charge in [0.25, 0.3) is 5.91 Å². The van der Waals surface area contributed by atoms with Gasteiger partial charge in [-0.2, -0.15) is 8.42 Å². The molecular weight excluding hydrogens is 447 g/mol. The van der Waals surface area contributed by atoms with Gasteiger partial charge < -0.3 is 15.0 Å². The number of carbonyl (C=O) groups is 1. The van der Waals surface area contributed by atoms with E-state index in [0.717, 1.165) is 28.6 Å². The number of amides is 1. The first-order valence-corrected chi connectivity index (χ1v) is 12.0. The number of anilines is 1. The second-order valence-electron chi connectivity index (χ2n) is 7.82. The van der Waals surface area contributed by atoms with Crippen LogP contribution in [0.1, 0.15) is 18.1 Å². The minimum atomic E-state index is -3.97. The van der Waals surface area contributed by atoms with Gasteiger partial charge in [-0.3, -0.25) is 9.10 Å². The highest BCUT2D eigenvalue weighted by Gasteiger charge is 2.28. The molecule has 0 spiro atoms. The first kappa shape index (κ1) is 22.9. The molecule has 0 aromatic heterocycles. The average molecular weight is 473 g/mol. The number of morpholine rings is 1. The van der Waals surface area contributed by atoms with Crippen LogP contribution in [0.4, 0.5) is 10.1 Å². The number of benzene rings is 2. The normalized spacial score (nSPS) is 17.9. The van der Waals surface area contributed by atoms with Crippen molar-refractivity contribution in [2.75, 3.05) is 31.2 Å². The molecule has 1 N–H and O–H groups in total. The Balaban J connectivity index is 1.42. The Hall–Kier alpha value is -3.24. The van der Waals surface area contributed by atoms with Gasteiger partial charge in [-0.1, -0.05) is 24.3 Å². The van der Waals surface area contributed by atoms with Crippen molar-refractivity contribution in [1.29, 1.82) is 0 Å². The number of nitrogens with one attached hydrogen (secondary N) is 1. The number of hydrogen-bond donors (Lipinski definition) is 1. The Morgan fingerprint density at radius 3 is 2.36 bits per heavy atom. The first-order chi connectivity index (χ1) is 15.8. The van der Waals surface area contributed by atoms with E-state index in [9.17, 15) is 17.6 Å². The lowest BCUT2D eigenvalue weighted by atomic mass is 10.1. The molecule has 0 atom stereocenters. The van der Waals surface area contributed by atoms with Gasteiger partial charge in [-0.25, -0.2) is 4.39 Å². The van der Waals surface area contributed by atoms with Crippen molar-refractivity contribution >= 4 is 27.5 Å². The molecule has 2 aliphatic rings. The van der Waals surface area contributed by atoms with Crippen LogP contribution in [-0.4, -0.2) is 50.6 Å². The molecule has 0 bridgehead atoms. The highest BCUT2D eigenvalue weighted by atomic mass is 32.2. The van der Waals surface area contributed by atoms with Gasteiger partial charge in [0.15, 0.2) is 0 Å². The van der Waals surface area contributed by atoms with Crippen molar-refractivity contribution in [3.63, 3.8) is 0 Å². The van der Waals surface area contributed by atoms with Crippen molar-refractivity contribution in [3.05, 3.63) is 77.2 Å². The van der Waals surface area contributed by atoms with Crippen LogP contribution in [0.5, 0.6) is 0 Å². The molecule has 1 amide bonds. The van der Waals surface area contributed by atoms with Crippen molar-refractivity contribution in [1.82, 2.24) is 9.62 Å². The molecule has 0 aliphatic carbocycles. The summed E-state index contributed by atoms with van der Waals surface area (Å²) in [5.74, 6) is -0.838. The van der Waals surface area contributed by atoms with Crippen molar-refractivity contribution < 1.29 is 22.3 Å². The highest BCUT2D eigenvalue weighted by Crippen LogP contribution is 2.20. The summed E-state index contributed by atoms with van der Waals surface area (Å²) < 4.78 is 48.1. The van der Waals surface area contributed by atoms with E-state index in [4.69, 9.17) is 4.74 Å². The Labute approximate surface area is 192 Å². The van der Waals surface area contributed by atoms with Gasteiger partial charge in [-0.05, 0) is 42.3 Å². The minimum absolute atomic E-state index is 0.0564. The quantitative estimate of drug-likeness (QED) is 0.697. The van der Waals surface area contributed by atoms with Crippen molar-refractivity contribution in [3.8, 4) is 0 Å². The molecule has 10 heteroatoms. The third-order valence-corrected chi connectivity index (χ3v) is 6.81. The Morgan fingerprint density at radius 1 is 1.06 bits per heavy atom. The summed E-state index contributed by atoms with van der Waals surface area (Å²) in [6.45, 7) is 4.83. The van der Waals surface area contributed by atoms with Crippen LogP contribution >= 0.6 is 0 Å². The fraction of sp³-hybridized carbons (Fsp3) is 0.304. The summed E-state index contributed by atoms with van der Waals surface area (Å²) in [6, 6.07) is 13.4. The fourth-order valence-corrected chi connectivity index (χ4v) is 4.72. The molecule has 0 radical (unpaired) electrons. The summed E-state index contributed by atoms with van der Waals surface area (Å²) in [5, 5.41) is 2.82. The maximum atomic E-state index is 13.2. The average Bonchev–Trinajstić information content (AvgIpc) is 2.81. The Bertz CT molecular complexity index is 1170. The van der Waals surface area contributed by atoms with Gasteiger partial charge >= 0.3 is 10.2 Å². The standard InChI is InChI=1S/C23H25FN4O4S/c1-17-22(16-28(33(30,31)26-17)15-19-2-6-20(24)7-3-19)23(29)25-14-18-4-8-21(9-5-18)27-10-12-32-13-11-27/h2-9,16H,10-15H2,1H3,(H,25,29). The lowest BCUT2D eigenvalue weighted by molar-refractivity contribution is -0.117. The summed E-state index contributed by atoms with van der Waals surface area (Å²) in [7, 11) is -3.97. The van der Waals surface area contributed by atoms with Gasteiger partial charge in [0.05, 0.1) is 31.0 Å². The smallest absolute Gasteiger partial charge is 0.344 e. The summed E-state index contributed by atoms with van der Waals surface area (Å²) >= 11 is 0. The second kappa shape index (κ2) is 9.72. The number of halogens is 1. The predicted molar refractivity (Wildman–Crippen MR) is 123 cm³/mol. The summed E-state index contributed by atoms with van der Waals surface area (Å²) in [4.78, 5) is 15.0. The van der Waals surface area contributed by atoms with Crippen LogP contribution in [0, 0.1) is 5.82 Å². The molecular formula is C23H25FN4O4S. The second-order valence-corrected chi connectivity index (χ2v) is 9.36. The monoisotopic (exact) mass is 472 g/mol. The lowest BCUT2D eigenvalue weighted by Crippen LogP contribution is -2.36. The number of hydrogen-bond acceptors (Lipinski definition) is 5. The molecule has 2 aliphatic heterocycles. The van der Waals surface area contributed by atoms with E-state index in [1.807, 2.05) is 24.3 Å². The number of rotatable bonds is 6. The molecule has 2 aromatic carbocycles. The zero-order chi connectivity index (χ0) is 23.4. The van der Waals surface area contributed by atoms with E-state index in [1.54, 1.807) is 0 Å². The first-order valence-electron chi connectivity index (χ1n) is 10.6. The fourth-order valence-electron chi connectivity index (χ4n) is 3.62. The van der Waals surface area contributed by atoms with Crippen molar-refractivity contribution in [2.24, 2.45) is 4.40 Å². The van der Waals surface area contributed by atoms with E-state index in [1.165, 1.54) is 37.4 Å². The van der Waals surface area contributed by atoms with Crippen LogP contribution in [0.15, 0.2) is 64.7 Å². The maximum absolute atomic E-state index is 13.2. The molecule has 4 rings (SSSR count). The zero-order valence-electron chi connectivity index (χ0n) is 18.2. The number of ether oxygens (including phenoxy) is 1. The van der Waals surface area contributed by atoms with Crippen LogP contribution in [-0.2, 0) is 32.8 Å². The topological polar surface area (TPSA) is 91.3 Å². The molecule has 174 valence electrons. The molecule has 1 saturated heterocycles. The number of nitrogens with zero attached hydrogens (tertiary/aromatic N) is 3. The van der Waals surface area contributed by atoms with Crippen LogP contribution in [0.2, 0.25) is 0 Å². The van der Waals surface area contributed by atoms with E-state index in [2.05, 4.69) is 14.6 Å². The van der Waals surface area contributed by atoms with Gasteiger partial charge in [0.1, 0.15) is 5.82 Å². The lowest BCUT2D eigenvalue weighted by Gasteiger charge is -2.29. The van der Waals surface area contributed by atoms with Gasteiger partial charge in [0.2, 0.25) is 0 Å². The summed E-state index contributed by atoms with van der Waals surface area (Å²) in [5.41, 5.74) is 2.88. The maximum Gasteiger partial charge on any atom is 0.344 e. The van der Waals surface area contributed by atoms with Crippen LogP contribution < -0.4 is 10.2 Å². The van der Waals surface area contributed by atoms with Crippen LogP contribution in [0.3, 0.4) is 0 Å². The van der Waals surface area contributed by atoms with E-state index in [0.29, 0.717) is 18.8 Å². The van der Waals surface area contributed by atoms with Gasteiger partial charge in [0, 0.05) is 31.5 Å². The molecule has 0 saturated carbocycles. The van der Waals surface area contributed by atoms with E-state index < -0.39 is 21.9 Å². The van der Waals surface area contributed by atoms with E-state index in [-0.39, 0.29) is 24.4 Å². The summed E-state index contributed by atoms with van der Waals surface area (Å²) in [6.07, 6.45) is 1.28. The number of carbonyl (C=O) groups excluding carboxylic acids is 1. The third kappa shape index (κ3) is 5.58. The predicted octanol–water partition coefficient (Wildman–Crippen LogP) is 2.38. The largest absolute Gasteiger partial charge is 0.378 e. The SMILES string of the molecule is CC1=NS(=O)(=O)N(Cc2ccc(F)cc2)C=C1C(=O)NCc1ccc(N2CCOCC2)cc1. The Kier molecular flexibility index (Phi) is 6.75. The molecule has 2 heterocycles. The molecule has 1 fully saturated rings.